The quantitative estimate of drug-likeness (QED) is 0.519. The summed E-state index contributed by atoms with van der Waals surface area (Å²) in [5.41, 5.74) is 6.63. The normalized spacial score (nSPS) is 11.3. The van der Waals surface area contributed by atoms with Crippen LogP contribution in [0.1, 0.15) is 16.8 Å². The summed E-state index contributed by atoms with van der Waals surface area (Å²) in [6, 6.07) is 5.04. The molecule has 0 heterocycles. The molecule has 0 aromatic heterocycles. The first-order chi connectivity index (χ1) is 8.81. The maximum atomic E-state index is 11.8. The lowest BCUT2D eigenvalue weighted by Crippen LogP contribution is -2.29. The molecule has 0 atom stereocenters. The van der Waals surface area contributed by atoms with Crippen molar-refractivity contribution >= 4 is 37.5 Å². The number of benzene rings is 1. The van der Waals surface area contributed by atoms with Crippen molar-refractivity contribution in [3.05, 3.63) is 28.2 Å². The molecule has 19 heavy (non-hydrogen) atoms. The average molecular weight is 350 g/mol. The zero-order valence-corrected chi connectivity index (χ0v) is 12.8. The minimum atomic E-state index is -3.18. The Labute approximate surface area is 120 Å². The molecule has 1 aromatic carbocycles. The minimum Gasteiger partial charge on any atom is -0.398 e. The van der Waals surface area contributed by atoms with Crippen molar-refractivity contribution in [3.8, 4) is 0 Å². The number of sulfonamides is 1. The molecule has 1 aromatic rings. The van der Waals surface area contributed by atoms with Gasteiger partial charge in [0.25, 0.3) is 5.91 Å². The number of halogens is 1. The highest BCUT2D eigenvalue weighted by molar-refractivity contribution is 9.10. The van der Waals surface area contributed by atoms with E-state index in [0.29, 0.717) is 28.7 Å². The van der Waals surface area contributed by atoms with Crippen LogP contribution in [0.4, 0.5) is 5.69 Å². The molecule has 6 nitrogen and oxygen atoms in total. The molecule has 106 valence electrons. The topological polar surface area (TPSA) is 101 Å². The summed E-state index contributed by atoms with van der Waals surface area (Å²) < 4.78 is 24.5. The molecule has 0 aliphatic heterocycles. The lowest BCUT2D eigenvalue weighted by atomic mass is 10.2. The van der Waals surface area contributed by atoms with Gasteiger partial charge in [-0.1, -0.05) is 6.07 Å². The maximum absolute atomic E-state index is 11.8. The number of nitrogens with one attached hydrogen (secondary N) is 2. The second-order valence-corrected chi connectivity index (χ2v) is 6.61. The predicted molar refractivity (Wildman–Crippen MR) is 78.4 cm³/mol. The van der Waals surface area contributed by atoms with Gasteiger partial charge in [0.05, 0.1) is 16.3 Å². The molecule has 1 amide bonds. The molecule has 0 bridgehead atoms. The zero-order valence-electron chi connectivity index (χ0n) is 10.4. The summed E-state index contributed by atoms with van der Waals surface area (Å²) in [4.78, 5) is 11.8. The van der Waals surface area contributed by atoms with Crippen LogP contribution in [0.2, 0.25) is 0 Å². The van der Waals surface area contributed by atoms with E-state index in [2.05, 4.69) is 26.0 Å². The molecular weight excluding hydrogens is 334 g/mol. The molecule has 4 N–H and O–H groups in total. The lowest BCUT2D eigenvalue weighted by molar-refractivity contribution is 0.0952. The molecule has 8 heteroatoms. The summed E-state index contributed by atoms with van der Waals surface area (Å²) in [6.07, 6.45) is 1.61. The van der Waals surface area contributed by atoms with E-state index in [1.807, 2.05) is 0 Å². The first kappa shape index (κ1) is 15.9. The molecule has 0 aliphatic rings. The van der Waals surface area contributed by atoms with Crippen LogP contribution in [-0.4, -0.2) is 33.7 Å². The highest BCUT2D eigenvalue weighted by atomic mass is 79.9. The van der Waals surface area contributed by atoms with Crippen molar-refractivity contribution in [1.29, 1.82) is 0 Å². The third-order valence-electron chi connectivity index (χ3n) is 2.28. The fourth-order valence-electron chi connectivity index (χ4n) is 1.37. The third-order valence-corrected chi connectivity index (χ3v) is 3.89. The molecule has 0 spiro atoms. The van der Waals surface area contributed by atoms with Gasteiger partial charge in [-0.15, -0.1) is 0 Å². The smallest absolute Gasteiger partial charge is 0.252 e. The number of amides is 1. The summed E-state index contributed by atoms with van der Waals surface area (Å²) in [7, 11) is -3.18. The number of nitrogen functional groups attached to an aromatic ring is 1. The minimum absolute atomic E-state index is 0.251. The van der Waals surface area contributed by atoms with Crippen LogP contribution in [0.25, 0.3) is 0 Å². The summed E-state index contributed by atoms with van der Waals surface area (Å²) in [5.74, 6) is -0.251. The Hall–Kier alpha value is -1.12. The van der Waals surface area contributed by atoms with Crippen LogP contribution >= 0.6 is 15.9 Å². The van der Waals surface area contributed by atoms with E-state index in [9.17, 15) is 13.2 Å². The van der Waals surface area contributed by atoms with Crippen LogP contribution < -0.4 is 15.8 Å². The predicted octanol–water partition coefficient (Wildman–Crippen LogP) is 0.700. The van der Waals surface area contributed by atoms with Crippen molar-refractivity contribution in [3.63, 3.8) is 0 Å². The van der Waals surface area contributed by atoms with Crippen LogP contribution in [0.15, 0.2) is 22.7 Å². The average Bonchev–Trinajstić information content (AvgIpc) is 2.30. The Kier molecular flexibility index (Phi) is 5.77. The Morgan fingerprint density at radius 2 is 2.05 bits per heavy atom. The van der Waals surface area contributed by atoms with E-state index in [1.54, 1.807) is 18.2 Å². The van der Waals surface area contributed by atoms with Gasteiger partial charge < -0.3 is 11.1 Å². The molecule has 0 radical (unpaired) electrons. The summed E-state index contributed by atoms with van der Waals surface area (Å²) in [6.45, 7) is 0.666. The molecule has 0 saturated heterocycles. The molecule has 0 unspecified atom stereocenters. The van der Waals surface area contributed by atoms with Crippen LogP contribution in [0.5, 0.6) is 0 Å². The summed E-state index contributed by atoms with van der Waals surface area (Å²) >= 11 is 3.25. The van der Waals surface area contributed by atoms with Crippen molar-refractivity contribution < 1.29 is 13.2 Å². The van der Waals surface area contributed by atoms with Gasteiger partial charge in [-0.25, -0.2) is 13.1 Å². The van der Waals surface area contributed by atoms with E-state index in [1.165, 1.54) is 0 Å². The third kappa shape index (κ3) is 5.58. The van der Waals surface area contributed by atoms with E-state index in [-0.39, 0.29) is 12.5 Å². The van der Waals surface area contributed by atoms with Crippen molar-refractivity contribution in [1.82, 2.24) is 10.0 Å². The lowest BCUT2D eigenvalue weighted by Gasteiger charge is -2.08. The Morgan fingerprint density at radius 3 is 2.68 bits per heavy atom. The second-order valence-electron chi connectivity index (χ2n) is 3.98. The number of nitrogens with two attached hydrogens (primary N) is 1. The molecule has 0 aliphatic carbocycles. The number of carbonyl (C=O) groups is 1. The number of hydrogen-bond acceptors (Lipinski definition) is 4. The maximum Gasteiger partial charge on any atom is 0.252 e. The van der Waals surface area contributed by atoms with E-state index in [0.717, 1.165) is 6.26 Å². The van der Waals surface area contributed by atoms with Crippen molar-refractivity contribution in [2.24, 2.45) is 0 Å². The fraction of sp³-hybridized carbons (Fsp3) is 0.364. The van der Waals surface area contributed by atoms with E-state index < -0.39 is 10.0 Å². The van der Waals surface area contributed by atoms with Gasteiger partial charge in [0, 0.05) is 18.8 Å². The number of hydrogen-bond donors (Lipinski definition) is 3. The standard InChI is InChI=1S/C11H16BrN3O3S/c1-19(17,18)15-7-3-6-14-11(16)8-4-2-5-9(13)10(8)12/h2,4-5,15H,3,6-7,13H2,1H3,(H,14,16). The van der Waals surface area contributed by atoms with Gasteiger partial charge in [0.2, 0.25) is 10.0 Å². The van der Waals surface area contributed by atoms with Crippen LogP contribution in [0.3, 0.4) is 0 Å². The first-order valence-corrected chi connectivity index (χ1v) is 8.26. The highest BCUT2D eigenvalue weighted by Gasteiger charge is 2.10. The second kappa shape index (κ2) is 6.88. The fourth-order valence-corrected chi connectivity index (χ4v) is 2.33. The molecular formula is C11H16BrN3O3S. The van der Waals surface area contributed by atoms with Gasteiger partial charge >= 0.3 is 0 Å². The van der Waals surface area contributed by atoms with Gasteiger partial charge in [0.15, 0.2) is 0 Å². The first-order valence-electron chi connectivity index (χ1n) is 5.58. The monoisotopic (exact) mass is 349 g/mol. The van der Waals surface area contributed by atoms with E-state index >= 15 is 0 Å². The SMILES string of the molecule is CS(=O)(=O)NCCCNC(=O)c1cccc(N)c1Br. The largest absolute Gasteiger partial charge is 0.398 e. The molecule has 0 fully saturated rings. The van der Waals surface area contributed by atoms with E-state index in [4.69, 9.17) is 5.73 Å². The van der Waals surface area contributed by atoms with Gasteiger partial charge in [0.1, 0.15) is 0 Å². The summed E-state index contributed by atoms with van der Waals surface area (Å²) in [5, 5.41) is 2.69. The van der Waals surface area contributed by atoms with Crippen molar-refractivity contribution in [2.45, 2.75) is 6.42 Å². The van der Waals surface area contributed by atoms with Crippen molar-refractivity contribution in [2.75, 3.05) is 25.1 Å². The number of carbonyl (C=O) groups excluding carboxylic acids is 1. The zero-order chi connectivity index (χ0) is 14.5. The molecule has 0 saturated carbocycles. The number of anilines is 1. The number of rotatable bonds is 6. The Bertz CT molecular complexity index is 560. The van der Waals surface area contributed by atoms with Gasteiger partial charge in [-0.05, 0) is 34.5 Å². The van der Waals surface area contributed by atoms with Crippen LogP contribution in [-0.2, 0) is 10.0 Å². The van der Waals surface area contributed by atoms with Gasteiger partial charge in [-0.2, -0.15) is 0 Å². The highest BCUT2D eigenvalue weighted by Crippen LogP contribution is 2.23. The Balaban J connectivity index is 2.42. The van der Waals surface area contributed by atoms with Crippen LogP contribution in [0, 0.1) is 0 Å². The Morgan fingerprint density at radius 1 is 1.37 bits per heavy atom. The van der Waals surface area contributed by atoms with Gasteiger partial charge in [-0.3, -0.25) is 4.79 Å². The molecule has 1 rings (SSSR count).